The van der Waals surface area contributed by atoms with Crippen LogP contribution in [0.4, 0.5) is 0 Å². The van der Waals surface area contributed by atoms with Crippen molar-refractivity contribution >= 4 is 33.8 Å². The Kier molecular flexibility index (Phi) is 5.89. The van der Waals surface area contributed by atoms with E-state index in [0.29, 0.717) is 10.8 Å². The number of nitrogens with one attached hydrogen (secondary N) is 1. The Hall–Kier alpha value is -0.140. The van der Waals surface area contributed by atoms with Crippen molar-refractivity contribution < 1.29 is 8.42 Å². The van der Waals surface area contributed by atoms with Crippen molar-refractivity contribution in [1.82, 2.24) is 4.72 Å². The maximum atomic E-state index is 12.5. The fraction of sp³-hybridized carbons (Fsp3) is 0.714. The number of nitrogens with two attached hydrogens (primary N) is 1. The van der Waals surface area contributed by atoms with E-state index in [2.05, 4.69) is 25.5 Å². The van der Waals surface area contributed by atoms with Gasteiger partial charge in [0.1, 0.15) is 4.21 Å². The second-order valence-electron chi connectivity index (χ2n) is 6.67. The van der Waals surface area contributed by atoms with Gasteiger partial charge in [0.05, 0.1) is 0 Å². The summed E-state index contributed by atoms with van der Waals surface area (Å²) in [5.41, 5.74) is 5.33. The summed E-state index contributed by atoms with van der Waals surface area (Å²) in [6.07, 6.45) is 3.75. The number of hydrogen-bond acceptors (Lipinski definition) is 4. The normalized spacial score (nSPS) is 18.5. The number of sulfonamides is 1. The quantitative estimate of drug-likeness (QED) is 0.874. The lowest BCUT2D eigenvalue weighted by atomic mass is 9.95. The molecule has 0 bridgehead atoms. The zero-order valence-corrected chi connectivity index (χ0v) is 15.3. The average molecular weight is 353 g/mol. The summed E-state index contributed by atoms with van der Waals surface area (Å²) in [6, 6.07) is 3.61. The van der Waals surface area contributed by atoms with Gasteiger partial charge >= 0.3 is 0 Å². The molecule has 4 nitrogen and oxygen atoms in total. The number of rotatable bonds is 4. The van der Waals surface area contributed by atoms with E-state index in [1.165, 1.54) is 11.3 Å². The molecule has 1 aromatic heterocycles. The van der Waals surface area contributed by atoms with Crippen LogP contribution in [0.3, 0.4) is 0 Å². The molecule has 2 rings (SSSR count). The van der Waals surface area contributed by atoms with Crippen molar-refractivity contribution in [2.45, 2.75) is 61.6 Å². The number of hydrogen-bond donors (Lipinski definition) is 2. The van der Waals surface area contributed by atoms with Gasteiger partial charge in [-0.25, -0.2) is 13.1 Å². The van der Waals surface area contributed by atoms with Gasteiger partial charge in [-0.05, 0) is 30.4 Å². The first-order valence-corrected chi connectivity index (χ1v) is 9.33. The van der Waals surface area contributed by atoms with E-state index in [1.54, 1.807) is 6.07 Å². The zero-order chi connectivity index (χ0) is 15.0. The summed E-state index contributed by atoms with van der Waals surface area (Å²) in [5.74, 6) is 0. The molecule has 1 saturated carbocycles. The molecule has 0 radical (unpaired) electrons. The van der Waals surface area contributed by atoms with Gasteiger partial charge in [-0.3, -0.25) is 0 Å². The van der Waals surface area contributed by atoms with Crippen LogP contribution in [0.1, 0.15) is 51.3 Å². The lowest BCUT2D eigenvalue weighted by Gasteiger charge is -2.27. The minimum absolute atomic E-state index is 0. The largest absolute Gasteiger partial charge is 0.329 e. The molecule has 0 unspecified atom stereocenters. The topological polar surface area (TPSA) is 72.2 Å². The van der Waals surface area contributed by atoms with Gasteiger partial charge in [-0.1, -0.05) is 33.6 Å². The van der Waals surface area contributed by atoms with E-state index in [1.807, 2.05) is 6.07 Å². The van der Waals surface area contributed by atoms with Crippen molar-refractivity contribution in [2.24, 2.45) is 5.73 Å². The fourth-order valence-corrected chi connectivity index (χ4v) is 5.44. The number of halogens is 1. The first-order valence-electron chi connectivity index (χ1n) is 7.03. The third kappa shape index (κ3) is 4.20. The minimum Gasteiger partial charge on any atom is -0.329 e. The number of thiophene rings is 1. The molecule has 1 aromatic rings. The van der Waals surface area contributed by atoms with E-state index in [0.717, 1.165) is 30.6 Å². The van der Waals surface area contributed by atoms with Gasteiger partial charge in [0, 0.05) is 17.0 Å². The van der Waals surface area contributed by atoms with Crippen molar-refractivity contribution in [1.29, 1.82) is 0 Å². The molecule has 0 aromatic carbocycles. The molecule has 7 heteroatoms. The highest BCUT2D eigenvalue weighted by molar-refractivity contribution is 7.91. The Morgan fingerprint density at radius 2 is 1.86 bits per heavy atom. The Morgan fingerprint density at radius 1 is 1.29 bits per heavy atom. The predicted molar refractivity (Wildman–Crippen MR) is 90.8 cm³/mol. The summed E-state index contributed by atoms with van der Waals surface area (Å²) < 4.78 is 28.3. The van der Waals surface area contributed by atoms with Crippen molar-refractivity contribution in [3.8, 4) is 0 Å². The van der Waals surface area contributed by atoms with Crippen LogP contribution in [-0.4, -0.2) is 20.5 Å². The monoisotopic (exact) mass is 352 g/mol. The van der Waals surface area contributed by atoms with Gasteiger partial charge in [-0.2, -0.15) is 0 Å². The third-order valence-corrected chi connectivity index (χ3v) is 7.47. The second kappa shape index (κ2) is 6.54. The van der Waals surface area contributed by atoms with Gasteiger partial charge in [-0.15, -0.1) is 23.7 Å². The van der Waals surface area contributed by atoms with Gasteiger partial charge in [0.2, 0.25) is 0 Å². The van der Waals surface area contributed by atoms with E-state index in [-0.39, 0.29) is 17.8 Å². The van der Waals surface area contributed by atoms with Crippen LogP contribution in [0.5, 0.6) is 0 Å². The van der Waals surface area contributed by atoms with Gasteiger partial charge < -0.3 is 5.73 Å². The van der Waals surface area contributed by atoms with Crippen LogP contribution in [-0.2, 0) is 15.4 Å². The average Bonchev–Trinajstić information content (AvgIpc) is 2.96. The van der Waals surface area contributed by atoms with Crippen LogP contribution >= 0.6 is 23.7 Å². The van der Waals surface area contributed by atoms with E-state index < -0.39 is 15.6 Å². The van der Waals surface area contributed by atoms with Crippen LogP contribution < -0.4 is 10.5 Å². The first kappa shape index (κ1) is 18.9. The van der Waals surface area contributed by atoms with E-state index in [9.17, 15) is 8.42 Å². The maximum Gasteiger partial charge on any atom is 0.250 e. The van der Waals surface area contributed by atoms with Crippen LogP contribution in [0.25, 0.3) is 0 Å². The minimum atomic E-state index is -3.47. The fourth-order valence-electron chi connectivity index (χ4n) is 2.60. The van der Waals surface area contributed by atoms with Gasteiger partial charge in [0.25, 0.3) is 10.0 Å². The SMILES string of the molecule is CC(C)(C)c1ccc(S(=O)(=O)NC2(CN)CCCC2)s1.Cl. The maximum absolute atomic E-state index is 12.5. The Labute approximate surface area is 138 Å². The molecular formula is C14H25ClN2O2S2. The summed E-state index contributed by atoms with van der Waals surface area (Å²) in [4.78, 5) is 1.08. The lowest BCUT2D eigenvalue weighted by Crippen LogP contribution is -2.51. The second-order valence-corrected chi connectivity index (χ2v) is 9.66. The molecule has 21 heavy (non-hydrogen) atoms. The van der Waals surface area contributed by atoms with E-state index >= 15 is 0 Å². The van der Waals surface area contributed by atoms with Crippen LogP contribution in [0.2, 0.25) is 0 Å². The molecule has 0 saturated heterocycles. The van der Waals surface area contributed by atoms with Crippen molar-refractivity contribution in [3.63, 3.8) is 0 Å². The highest BCUT2D eigenvalue weighted by atomic mass is 35.5. The summed E-state index contributed by atoms with van der Waals surface area (Å²) in [5, 5.41) is 0. The van der Waals surface area contributed by atoms with Gasteiger partial charge in [0.15, 0.2) is 0 Å². The molecule has 1 aliphatic rings. The predicted octanol–water partition coefficient (Wildman–Crippen LogP) is 3.02. The smallest absolute Gasteiger partial charge is 0.250 e. The highest BCUT2D eigenvalue weighted by Gasteiger charge is 2.37. The molecule has 1 fully saturated rings. The van der Waals surface area contributed by atoms with Crippen molar-refractivity contribution in [2.75, 3.05) is 6.54 Å². The molecule has 3 N–H and O–H groups in total. The van der Waals surface area contributed by atoms with Crippen molar-refractivity contribution in [3.05, 3.63) is 17.0 Å². The molecule has 1 heterocycles. The summed E-state index contributed by atoms with van der Waals surface area (Å²) in [6.45, 7) is 6.62. The van der Waals surface area contributed by atoms with E-state index in [4.69, 9.17) is 5.73 Å². The molecule has 0 atom stereocenters. The third-order valence-electron chi connectivity index (χ3n) is 3.89. The molecule has 1 aliphatic carbocycles. The molecule has 0 aliphatic heterocycles. The Morgan fingerprint density at radius 3 is 2.29 bits per heavy atom. The highest BCUT2D eigenvalue weighted by Crippen LogP contribution is 2.34. The van der Waals surface area contributed by atoms with Crippen LogP contribution in [0.15, 0.2) is 16.3 Å². The summed E-state index contributed by atoms with van der Waals surface area (Å²) >= 11 is 1.35. The van der Waals surface area contributed by atoms with Crippen LogP contribution in [0, 0.1) is 0 Å². The standard InChI is InChI=1S/C14H24N2O2S2.ClH/c1-13(2,3)11-6-7-12(19-11)20(17,18)16-14(10-15)8-4-5-9-14;/h6-7,16H,4-5,8-10,15H2,1-3H3;1H. The summed E-state index contributed by atoms with van der Waals surface area (Å²) in [7, 11) is -3.47. The Bertz CT molecular complexity index is 570. The molecule has 0 amide bonds. The molecule has 122 valence electrons. The molecular weight excluding hydrogens is 328 g/mol. The first-order chi connectivity index (χ1) is 9.19. The Balaban J connectivity index is 0.00000220. The zero-order valence-electron chi connectivity index (χ0n) is 12.8. The molecule has 0 spiro atoms. The lowest BCUT2D eigenvalue weighted by molar-refractivity contribution is 0.400.